The fourth-order valence-electron chi connectivity index (χ4n) is 7.47. The predicted molar refractivity (Wildman–Crippen MR) is 247 cm³/mol. The number of halogens is 1. The summed E-state index contributed by atoms with van der Waals surface area (Å²) in [6, 6.07) is 60.0. The molecule has 4 heterocycles. The van der Waals surface area contributed by atoms with Crippen LogP contribution in [0.2, 0.25) is 0 Å². The van der Waals surface area contributed by atoms with Crippen LogP contribution in [-0.4, -0.2) is 23.2 Å². The normalized spacial score (nSPS) is 12.9. The summed E-state index contributed by atoms with van der Waals surface area (Å²) < 4.78 is 10.9. The van der Waals surface area contributed by atoms with Gasteiger partial charge in [-0.15, -0.1) is 11.3 Å². The summed E-state index contributed by atoms with van der Waals surface area (Å²) in [7, 11) is 0. The van der Waals surface area contributed by atoms with E-state index in [1.807, 2.05) is 66.7 Å². The highest BCUT2D eigenvalue weighted by Crippen LogP contribution is 2.40. The lowest BCUT2D eigenvalue weighted by Crippen LogP contribution is -2.11. The molecule has 7 aromatic carbocycles. The van der Waals surface area contributed by atoms with E-state index < -0.39 is 20.7 Å². The van der Waals surface area contributed by atoms with E-state index in [0.29, 0.717) is 17.2 Å². The van der Waals surface area contributed by atoms with E-state index in [4.69, 9.17) is 24.4 Å². The second kappa shape index (κ2) is 14.2. The van der Waals surface area contributed by atoms with E-state index in [9.17, 15) is 5.26 Å². The highest BCUT2D eigenvalue weighted by atomic mass is 127. The van der Waals surface area contributed by atoms with Crippen molar-refractivity contribution in [2.75, 3.05) is 0 Å². The SMILES string of the molecule is N#Cc1ccccc1-c1ccc(C2=NC(c3ccccc3)=IC(c3ccc4c(c3)oc3ccc(-c5nc(-c6ccccc6)c6sc7ccccc7c6n5)cc34)=N2)cc1. The third-order valence-electron chi connectivity index (χ3n) is 10.3. The van der Waals surface area contributed by atoms with Gasteiger partial charge >= 0.3 is 0 Å². The molecule has 10 aromatic rings. The summed E-state index contributed by atoms with van der Waals surface area (Å²) in [6.07, 6.45) is 0. The van der Waals surface area contributed by atoms with E-state index in [1.54, 1.807) is 11.3 Å². The Morgan fingerprint density at radius 2 is 1.24 bits per heavy atom. The van der Waals surface area contributed by atoms with Gasteiger partial charge < -0.3 is 4.42 Å². The zero-order chi connectivity index (χ0) is 38.6. The molecule has 0 unspecified atom stereocenters. The minimum atomic E-state index is -0.722. The first-order valence-electron chi connectivity index (χ1n) is 18.7. The molecule has 3 aromatic heterocycles. The molecule has 0 bridgehead atoms. The molecule has 0 saturated heterocycles. The van der Waals surface area contributed by atoms with E-state index in [0.717, 1.165) is 89.5 Å². The van der Waals surface area contributed by atoms with Crippen LogP contribution in [0, 0.1) is 11.3 Å². The molecule has 58 heavy (non-hydrogen) atoms. The first-order valence-corrected chi connectivity index (χ1v) is 21.7. The number of amidine groups is 1. The Balaban J connectivity index is 0.995. The maximum absolute atomic E-state index is 9.68. The molecule has 8 heteroatoms. The van der Waals surface area contributed by atoms with Gasteiger partial charge in [-0.05, 0) is 74.3 Å². The highest BCUT2D eigenvalue weighted by molar-refractivity contribution is 14.2. The van der Waals surface area contributed by atoms with Gasteiger partial charge in [-0.1, -0.05) is 127 Å². The Labute approximate surface area is 346 Å². The van der Waals surface area contributed by atoms with Crippen molar-refractivity contribution < 1.29 is 4.42 Å². The van der Waals surface area contributed by atoms with Crippen LogP contribution >= 0.6 is 32.1 Å². The first kappa shape index (κ1) is 34.3. The Hall–Kier alpha value is -6.93. The van der Waals surface area contributed by atoms with Gasteiger partial charge in [-0.25, -0.2) is 20.0 Å². The van der Waals surface area contributed by atoms with Crippen LogP contribution in [0.3, 0.4) is 0 Å². The largest absolute Gasteiger partial charge is 0.456 e. The Kier molecular flexibility index (Phi) is 8.42. The highest BCUT2D eigenvalue weighted by Gasteiger charge is 2.20. The van der Waals surface area contributed by atoms with Gasteiger partial charge in [0.15, 0.2) is 11.7 Å². The van der Waals surface area contributed by atoms with Crippen molar-refractivity contribution in [1.29, 1.82) is 5.26 Å². The average Bonchev–Trinajstić information content (AvgIpc) is 3.87. The van der Waals surface area contributed by atoms with E-state index in [-0.39, 0.29) is 0 Å². The maximum Gasteiger partial charge on any atom is 0.161 e. The fraction of sp³-hybridized carbons (Fsp3) is 0. The van der Waals surface area contributed by atoms with Crippen LogP contribution in [-0.2, 0) is 0 Å². The third-order valence-corrected chi connectivity index (χ3v) is 14.3. The molecule has 0 aliphatic carbocycles. The number of aromatic nitrogens is 2. The fourth-order valence-corrected chi connectivity index (χ4v) is 11.1. The van der Waals surface area contributed by atoms with Crippen molar-refractivity contribution in [1.82, 2.24) is 9.97 Å². The molecule has 11 rings (SSSR count). The monoisotopic (exact) mass is 873 g/mol. The van der Waals surface area contributed by atoms with Gasteiger partial charge in [-0.2, -0.15) is 5.26 Å². The van der Waals surface area contributed by atoms with Crippen LogP contribution in [0.4, 0.5) is 0 Å². The van der Waals surface area contributed by atoms with Crippen LogP contribution < -0.4 is 0 Å². The summed E-state index contributed by atoms with van der Waals surface area (Å²) in [5, 5.41) is 12.9. The van der Waals surface area contributed by atoms with Crippen molar-refractivity contribution >= 4 is 87.5 Å². The van der Waals surface area contributed by atoms with Crippen LogP contribution in [0.15, 0.2) is 184 Å². The third kappa shape index (κ3) is 6.04. The van der Waals surface area contributed by atoms with E-state index >= 15 is 0 Å². The van der Waals surface area contributed by atoms with Gasteiger partial charge in [0, 0.05) is 48.7 Å². The second-order valence-electron chi connectivity index (χ2n) is 13.9. The van der Waals surface area contributed by atoms with Crippen molar-refractivity contribution in [3.8, 4) is 39.8 Å². The zero-order valence-corrected chi connectivity index (χ0v) is 33.6. The minimum Gasteiger partial charge on any atom is -0.456 e. The number of nitrogens with zero attached hydrogens (tertiary/aromatic N) is 5. The molecular formula is C50H28IN5OS. The van der Waals surface area contributed by atoms with E-state index in [2.05, 4.69) is 109 Å². The van der Waals surface area contributed by atoms with Crippen molar-refractivity contribution in [2.45, 2.75) is 0 Å². The maximum atomic E-state index is 9.68. The molecule has 0 radical (unpaired) electrons. The second-order valence-corrected chi connectivity index (χ2v) is 17.5. The van der Waals surface area contributed by atoms with Crippen molar-refractivity contribution in [3.63, 3.8) is 0 Å². The summed E-state index contributed by atoms with van der Waals surface area (Å²) in [5.41, 5.74) is 11.1. The molecule has 1 aliphatic heterocycles. The molecule has 1 aliphatic rings. The molecule has 6 nitrogen and oxygen atoms in total. The van der Waals surface area contributed by atoms with Gasteiger partial charge in [-0.3, -0.25) is 0 Å². The number of nitriles is 1. The topological polar surface area (TPSA) is 87.4 Å². The van der Waals surface area contributed by atoms with Crippen molar-refractivity contribution in [2.24, 2.45) is 9.98 Å². The van der Waals surface area contributed by atoms with Crippen LogP contribution in [0.5, 0.6) is 0 Å². The number of fused-ring (bicyclic) bond motifs is 6. The lowest BCUT2D eigenvalue weighted by molar-refractivity contribution is 0.669. The molecule has 0 spiro atoms. The molecule has 0 atom stereocenters. The number of rotatable bonds is 6. The van der Waals surface area contributed by atoms with Gasteiger partial charge in [0.2, 0.25) is 0 Å². The Morgan fingerprint density at radius 1 is 0.534 bits per heavy atom. The summed E-state index contributed by atoms with van der Waals surface area (Å²) in [5.74, 6) is 1.35. The average molecular weight is 874 g/mol. The lowest BCUT2D eigenvalue weighted by atomic mass is 9.99. The number of furan rings is 1. The number of benzene rings is 7. The molecular weight excluding hydrogens is 846 g/mol. The zero-order valence-electron chi connectivity index (χ0n) is 30.6. The minimum absolute atomic E-state index is 0.645. The number of hydrogen-bond donors (Lipinski definition) is 0. The smallest absolute Gasteiger partial charge is 0.161 e. The summed E-state index contributed by atoms with van der Waals surface area (Å²) in [4.78, 5) is 20.7. The molecule has 0 N–H and O–H groups in total. The molecule has 0 saturated carbocycles. The standard InChI is InChI=1S/C50H28IN5OS/c52-29-36-15-7-8-16-37(36)30-19-21-33(22-20-30)49-55-47(32-13-5-2-6-14-32)51-48(56-49)34-23-25-38-40-27-35(24-26-41(40)57-42(38)28-34)50-53-44(31-11-3-1-4-12-31)46-45(54-50)39-17-9-10-18-43(39)58-46/h1-28H. The number of aliphatic imine (C=N–C) groups is 2. The van der Waals surface area contributed by atoms with E-state index in [1.165, 1.54) is 4.70 Å². The van der Waals surface area contributed by atoms with Gasteiger partial charge in [0.25, 0.3) is 0 Å². The predicted octanol–water partition coefficient (Wildman–Crippen LogP) is 13.0. The lowest BCUT2D eigenvalue weighted by Gasteiger charge is -2.13. The number of hydrogen-bond acceptors (Lipinski definition) is 7. The summed E-state index contributed by atoms with van der Waals surface area (Å²) >= 11 is 1.02. The van der Waals surface area contributed by atoms with Crippen LogP contribution in [0.1, 0.15) is 22.3 Å². The molecule has 0 amide bonds. The Bertz CT molecular complexity index is 3400. The quantitative estimate of drug-likeness (QED) is 0.156. The molecule has 0 fully saturated rings. The first-order chi connectivity index (χ1) is 28.7. The van der Waals surface area contributed by atoms with Crippen LogP contribution in [0.25, 0.3) is 76.0 Å². The Morgan fingerprint density at radius 3 is 2.07 bits per heavy atom. The van der Waals surface area contributed by atoms with Crippen molar-refractivity contribution in [3.05, 3.63) is 192 Å². The molecule has 272 valence electrons. The summed E-state index contributed by atoms with van der Waals surface area (Å²) in [6.45, 7) is 0. The number of thiophene rings is 1. The van der Waals surface area contributed by atoms with Gasteiger partial charge in [0.05, 0.1) is 27.5 Å². The van der Waals surface area contributed by atoms with Gasteiger partial charge in [0.1, 0.15) is 18.5 Å².